The number of anilines is 1. The first-order valence-electron chi connectivity index (χ1n) is 5.96. The fraction of sp³-hybridized carbons (Fsp3) is 0.462. The standard InChI is InChI=1S/C13H17ClN2O.ClH/c14-10-4-6-11(7-5-10)16-13(17)8-9-2-1-3-12(9)15;/h4-7,9,12H,1-3,8,15H2,(H,16,17);1H/t9-,12+;/m0./s1. The van der Waals surface area contributed by atoms with E-state index in [0.717, 1.165) is 24.9 Å². The van der Waals surface area contributed by atoms with Crippen LogP contribution in [0.15, 0.2) is 24.3 Å². The lowest BCUT2D eigenvalue weighted by Gasteiger charge is -2.14. The summed E-state index contributed by atoms with van der Waals surface area (Å²) in [5, 5.41) is 3.53. The summed E-state index contributed by atoms with van der Waals surface area (Å²) >= 11 is 5.78. The molecule has 1 saturated carbocycles. The van der Waals surface area contributed by atoms with E-state index >= 15 is 0 Å². The highest BCUT2D eigenvalue weighted by molar-refractivity contribution is 6.30. The molecule has 1 fully saturated rings. The normalized spacial score (nSPS) is 22.3. The number of hydrogen-bond donors (Lipinski definition) is 2. The number of amides is 1. The van der Waals surface area contributed by atoms with E-state index in [2.05, 4.69) is 5.32 Å². The van der Waals surface area contributed by atoms with Gasteiger partial charge in [0, 0.05) is 23.2 Å². The molecule has 1 aromatic rings. The Balaban J connectivity index is 0.00000162. The topological polar surface area (TPSA) is 55.1 Å². The first kappa shape index (κ1) is 15.3. The number of halogens is 2. The molecule has 1 aromatic carbocycles. The van der Waals surface area contributed by atoms with Gasteiger partial charge in [-0.15, -0.1) is 12.4 Å². The summed E-state index contributed by atoms with van der Waals surface area (Å²) in [6.07, 6.45) is 3.76. The van der Waals surface area contributed by atoms with Crippen LogP contribution in [-0.4, -0.2) is 11.9 Å². The Hall–Kier alpha value is -0.770. The number of nitrogens with one attached hydrogen (secondary N) is 1. The highest BCUT2D eigenvalue weighted by Gasteiger charge is 2.25. The van der Waals surface area contributed by atoms with E-state index in [1.165, 1.54) is 0 Å². The van der Waals surface area contributed by atoms with Crippen molar-refractivity contribution in [3.05, 3.63) is 29.3 Å². The van der Waals surface area contributed by atoms with Crippen LogP contribution < -0.4 is 11.1 Å². The highest BCUT2D eigenvalue weighted by Crippen LogP contribution is 2.27. The number of benzene rings is 1. The minimum atomic E-state index is 0. The molecule has 0 aliphatic heterocycles. The molecule has 100 valence electrons. The van der Waals surface area contributed by atoms with E-state index in [0.29, 0.717) is 17.4 Å². The number of hydrogen-bond acceptors (Lipinski definition) is 2. The molecule has 1 amide bonds. The molecule has 0 unspecified atom stereocenters. The number of carbonyl (C=O) groups excluding carboxylic acids is 1. The van der Waals surface area contributed by atoms with Gasteiger partial charge in [-0.25, -0.2) is 0 Å². The summed E-state index contributed by atoms with van der Waals surface area (Å²) in [6, 6.07) is 7.31. The third kappa shape index (κ3) is 4.16. The van der Waals surface area contributed by atoms with E-state index in [1.807, 2.05) is 0 Å². The largest absolute Gasteiger partial charge is 0.327 e. The predicted molar refractivity (Wildman–Crippen MR) is 77.3 cm³/mol. The summed E-state index contributed by atoms with van der Waals surface area (Å²) in [5.41, 5.74) is 6.73. The Kier molecular flexibility index (Phi) is 5.93. The smallest absolute Gasteiger partial charge is 0.224 e. The molecular formula is C13H18Cl2N2O. The third-order valence-electron chi connectivity index (χ3n) is 3.29. The van der Waals surface area contributed by atoms with Crippen LogP contribution in [0.3, 0.4) is 0 Å². The van der Waals surface area contributed by atoms with E-state index < -0.39 is 0 Å². The summed E-state index contributed by atoms with van der Waals surface area (Å²) in [5.74, 6) is 0.372. The van der Waals surface area contributed by atoms with Crippen LogP contribution in [0.2, 0.25) is 5.02 Å². The van der Waals surface area contributed by atoms with Crippen molar-refractivity contribution < 1.29 is 4.79 Å². The zero-order chi connectivity index (χ0) is 12.3. The van der Waals surface area contributed by atoms with Gasteiger partial charge in [0.05, 0.1) is 0 Å². The molecule has 0 aromatic heterocycles. The molecule has 1 aliphatic rings. The fourth-order valence-electron chi connectivity index (χ4n) is 2.30. The maximum absolute atomic E-state index is 11.8. The van der Waals surface area contributed by atoms with Crippen LogP contribution in [-0.2, 0) is 4.79 Å². The molecule has 18 heavy (non-hydrogen) atoms. The van der Waals surface area contributed by atoms with Crippen LogP contribution in [0.5, 0.6) is 0 Å². The molecule has 3 N–H and O–H groups in total. The summed E-state index contributed by atoms with van der Waals surface area (Å²) < 4.78 is 0. The first-order valence-corrected chi connectivity index (χ1v) is 6.34. The van der Waals surface area contributed by atoms with Gasteiger partial charge in [0.2, 0.25) is 5.91 Å². The predicted octanol–water partition coefficient (Wildman–Crippen LogP) is 3.22. The van der Waals surface area contributed by atoms with Gasteiger partial charge in [0.1, 0.15) is 0 Å². The Morgan fingerprint density at radius 1 is 1.33 bits per heavy atom. The van der Waals surface area contributed by atoms with Gasteiger partial charge < -0.3 is 11.1 Å². The first-order chi connectivity index (χ1) is 8.15. The molecule has 0 radical (unpaired) electrons. The minimum Gasteiger partial charge on any atom is -0.327 e. The SMILES string of the molecule is Cl.N[C@@H]1CCC[C@H]1CC(=O)Nc1ccc(Cl)cc1. The van der Waals surface area contributed by atoms with Gasteiger partial charge >= 0.3 is 0 Å². The molecule has 5 heteroatoms. The van der Waals surface area contributed by atoms with Crippen molar-refractivity contribution in [2.24, 2.45) is 11.7 Å². The molecule has 3 nitrogen and oxygen atoms in total. The van der Waals surface area contributed by atoms with Crippen LogP contribution >= 0.6 is 24.0 Å². The zero-order valence-electron chi connectivity index (χ0n) is 10.1. The second-order valence-corrected chi connectivity index (χ2v) is 5.05. The fourth-order valence-corrected chi connectivity index (χ4v) is 2.43. The Morgan fingerprint density at radius 2 is 2.00 bits per heavy atom. The van der Waals surface area contributed by atoms with Crippen molar-refractivity contribution in [1.82, 2.24) is 0 Å². The van der Waals surface area contributed by atoms with E-state index in [9.17, 15) is 4.79 Å². The van der Waals surface area contributed by atoms with Crippen molar-refractivity contribution in [2.45, 2.75) is 31.7 Å². The maximum Gasteiger partial charge on any atom is 0.224 e. The van der Waals surface area contributed by atoms with Crippen LogP contribution in [0.1, 0.15) is 25.7 Å². The van der Waals surface area contributed by atoms with E-state index in [-0.39, 0.29) is 24.4 Å². The highest BCUT2D eigenvalue weighted by atomic mass is 35.5. The van der Waals surface area contributed by atoms with Crippen molar-refractivity contribution in [1.29, 1.82) is 0 Å². The molecule has 2 rings (SSSR count). The van der Waals surface area contributed by atoms with Crippen LogP contribution in [0.25, 0.3) is 0 Å². The molecule has 0 heterocycles. The quantitative estimate of drug-likeness (QED) is 0.897. The van der Waals surface area contributed by atoms with Gasteiger partial charge in [-0.05, 0) is 43.0 Å². The molecule has 0 bridgehead atoms. The van der Waals surface area contributed by atoms with E-state index in [4.69, 9.17) is 17.3 Å². The Bertz CT molecular complexity index is 394. The number of rotatable bonds is 3. The monoisotopic (exact) mass is 288 g/mol. The lowest BCUT2D eigenvalue weighted by atomic mass is 10.00. The zero-order valence-corrected chi connectivity index (χ0v) is 11.6. The molecule has 0 saturated heterocycles. The van der Waals surface area contributed by atoms with Gasteiger partial charge in [0.25, 0.3) is 0 Å². The molecule has 2 atom stereocenters. The van der Waals surface area contributed by atoms with E-state index in [1.54, 1.807) is 24.3 Å². The lowest BCUT2D eigenvalue weighted by Crippen LogP contribution is -2.28. The molecule has 1 aliphatic carbocycles. The van der Waals surface area contributed by atoms with Gasteiger partial charge in [-0.1, -0.05) is 18.0 Å². The maximum atomic E-state index is 11.8. The molecule has 0 spiro atoms. The van der Waals surface area contributed by atoms with Crippen molar-refractivity contribution in [3.63, 3.8) is 0 Å². The van der Waals surface area contributed by atoms with Gasteiger partial charge in [-0.2, -0.15) is 0 Å². The number of nitrogens with two attached hydrogens (primary N) is 1. The van der Waals surface area contributed by atoms with Crippen molar-refractivity contribution in [3.8, 4) is 0 Å². The second-order valence-electron chi connectivity index (χ2n) is 4.61. The molecular weight excluding hydrogens is 271 g/mol. The second kappa shape index (κ2) is 6.98. The third-order valence-corrected chi connectivity index (χ3v) is 3.55. The average Bonchev–Trinajstić information content (AvgIpc) is 2.68. The summed E-state index contributed by atoms with van der Waals surface area (Å²) in [7, 11) is 0. The Morgan fingerprint density at radius 3 is 2.56 bits per heavy atom. The average molecular weight is 289 g/mol. The van der Waals surface area contributed by atoms with Crippen LogP contribution in [0, 0.1) is 5.92 Å². The Labute approximate surface area is 118 Å². The lowest BCUT2D eigenvalue weighted by molar-refractivity contribution is -0.117. The van der Waals surface area contributed by atoms with Crippen LogP contribution in [0.4, 0.5) is 5.69 Å². The van der Waals surface area contributed by atoms with Crippen molar-refractivity contribution in [2.75, 3.05) is 5.32 Å². The van der Waals surface area contributed by atoms with Crippen molar-refractivity contribution >= 4 is 35.6 Å². The number of carbonyl (C=O) groups is 1. The minimum absolute atomic E-state index is 0. The summed E-state index contributed by atoms with van der Waals surface area (Å²) in [4.78, 5) is 11.8. The summed E-state index contributed by atoms with van der Waals surface area (Å²) in [6.45, 7) is 0. The van der Waals surface area contributed by atoms with Gasteiger partial charge in [0.15, 0.2) is 0 Å². The van der Waals surface area contributed by atoms with Gasteiger partial charge in [-0.3, -0.25) is 4.79 Å².